The first-order valence-electron chi connectivity index (χ1n) is 8.52. The van der Waals surface area contributed by atoms with E-state index in [4.69, 9.17) is 20.3 Å². The normalized spacial score (nSPS) is 12.9. The van der Waals surface area contributed by atoms with Crippen LogP contribution in [0.25, 0.3) is 12.2 Å². The number of nitrogens with zero attached hydrogens (tertiary/aromatic N) is 1. The second-order valence-electron chi connectivity index (χ2n) is 5.06. The number of allylic oxidation sites excluding steroid dienone is 2. The molecule has 0 saturated heterocycles. The minimum Gasteiger partial charge on any atom is -0.505 e. The third-order valence-electron chi connectivity index (χ3n) is 2.70. The highest BCUT2D eigenvalue weighted by atomic mass is 19.1. The summed E-state index contributed by atoms with van der Waals surface area (Å²) in [5, 5.41) is 8.81. The van der Waals surface area contributed by atoms with E-state index in [9.17, 15) is 4.39 Å². The highest BCUT2D eigenvalue weighted by Crippen LogP contribution is 2.17. The molecule has 0 radical (unpaired) electrons. The number of hydrogen-bond donors (Lipinski definition) is 2. The van der Waals surface area contributed by atoms with Gasteiger partial charge in [0.05, 0.1) is 19.1 Å². The fourth-order valence-electron chi connectivity index (χ4n) is 1.62. The van der Waals surface area contributed by atoms with Crippen LogP contribution in [0.15, 0.2) is 54.3 Å². The Hall–Kier alpha value is -2.60. The monoisotopic (exact) mass is 364 g/mol. The number of rotatable bonds is 4. The maximum absolute atomic E-state index is 12.4. The lowest BCUT2D eigenvalue weighted by atomic mass is 10.2. The van der Waals surface area contributed by atoms with Crippen molar-refractivity contribution in [2.24, 2.45) is 5.73 Å². The van der Waals surface area contributed by atoms with Crippen LogP contribution in [-0.2, 0) is 9.47 Å². The molecule has 1 aliphatic rings. The summed E-state index contributed by atoms with van der Waals surface area (Å²) in [6.07, 6.45) is 11.3. The van der Waals surface area contributed by atoms with E-state index in [2.05, 4.69) is 18.8 Å². The first kappa shape index (κ1) is 23.4. The smallest absolute Gasteiger partial charge is 0.284 e. The van der Waals surface area contributed by atoms with Gasteiger partial charge in [-0.05, 0) is 30.7 Å². The van der Waals surface area contributed by atoms with E-state index in [0.717, 1.165) is 17.3 Å². The maximum Gasteiger partial charge on any atom is 0.284 e. The second kappa shape index (κ2) is 14.7. The van der Waals surface area contributed by atoms with Gasteiger partial charge in [0, 0.05) is 24.4 Å². The van der Waals surface area contributed by atoms with Gasteiger partial charge < -0.3 is 20.3 Å². The molecule has 144 valence electrons. The first-order chi connectivity index (χ1) is 12.5. The van der Waals surface area contributed by atoms with Crippen LogP contribution in [0.2, 0.25) is 0 Å². The number of ether oxygens (including phenoxy) is 2. The Kier molecular flexibility index (Phi) is 13.2. The van der Waals surface area contributed by atoms with E-state index in [0.29, 0.717) is 12.4 Å². The molecule has 0 saturated carbocycles. The molecule has 3 N–H and O–H groups in total. The van der Waals surface area contributed by atoms with Gasteiger partial charge in [-0.15, -0.1) is 0 Å². The standard InChI is InChI=1S/C10H9NO2.C7H12FNO.C3H8/c1-12-10-7-8-3-2-5-11-9(8)4-6-13-10;1-2-3-7(10)6(8)4-5-9;1-3-2/h2-7H,1H3;3-4,10H,2,5,9H2,1H3;3H2,1-2H3/b;6-4+,7-3+;. The molecular weight excluding hydrogens is 335 g/mol. The van der Waals surface area contributed by atoms with Gasteiger partial charge in [-0.3, -0.25) is 4.98 Å². The Morgan fingerprint density at radius 1 is 1.35 bits per heavy atom. The molecule has 0 aromatic carbocycles. The molecule has 0 bridgehead atoms. The van der Waals surface area contributed by atoms with Crippen molar-refractivity contribution in [2.75, 3.05) is 13.7 Å². The van der Waals surface area contributed by atoms with Crippen molar-refractivity contribution in [3.63, 3.8) is 0 Å². The molecule has 0 fully saturated rings. The van der Waals surface area contributed by atoms with Crippen LogP contribution in [0, 0.1) is 0 Å². The number of aliphatic hydroxyl groups excluding tert-OH is 1. The lowest BCUT2D eigenvalue weighted by Gasteiger charge is -2.01. The highest BCUT2D eigenvalue weighted by molar-refractivity contribution is 5.63. The van der Waals surface area contributed by atoms with Crippen LogP contribution in [0.4, 0.5) is 4.39 Å². The zero-order valence-electron chi connectivity index (χ0n) is 15.9. The fraction of sp³-hybridized carbons (Fsp3) is 0.350. The van der Waals surface area contributed by atoms with Crippen LogP contribution in [0.5, 0.6) is 0 Å². The summed E-state index contributed by atoms with van der Waals surface area (Å²) in [5.74, 6) is -0.500. The second-order valence-corrected chi connectivity index (χ2v) is 5.06. The average molecular weight is 364 g/mol. The largest absolute Gasteiger partial charge is 0.505 e. The Balaban J connectivity index is 0.000000432. The third-order valence-corrected chi connectivity index (χ3v) is 2.70. The zero-order valence-corrected chi connectivity index (χ0v) is 15.9. The molecule has 0 aliphatic carbocycles. The Bertz CT molecular complexity index is 620. The number of pyridine rings is 1. The van der Waals surface area contributed by atoms with Crippen LogP contribution in [0.3, 0.4) is 0 Å². The van der Waals surface area contributed by atoms with Gasteiger partial charge in [-0.1, -0.05) is 33.3 Å². The van der Waals surface area contributed by atoms with Gasteiger partial charge in [-0.25, -0.2) is 4.39 Å². The van der Waals surface area contributed by atoms with E-state index in [1.165, 1.54) is 12.5 Å². The Labute approximate surface area is 155 Å². The van der Waals surface area contributed by atoms with Crippen molar-refractivity contribution in [3.8, 4) is 0 Å². The summed E-state index contributed by atoms with van der Waals surface area (Å²) in [5.41, 5.74) is 6.89. The molecule has 26 heavy (non-hydrogen) atoms. The molecule has 1 aliphatic heterocycles. The zero-order chi connectivity index (χ0) is 19.8. The van der Waals surface area contributed by atoms with Crippen molar-refractivity contribution in [3.05, 3.63) is 65.5 Å². The first-order valence-corrected chi connectivity index (χ1v) is 8.52. The molecule has 2 heterocycles. The fourth-order valence-corrected chi connectivity index (χ4v) is 1.62. The molecule has 0 spiro atoms. The van der Waals surface area contributed by atoms with Crippen LogP contribution < -0.4 is 5.73 Å². The van der Waals surface area contributed by atoms with Crippen LogP contribution in [0.1, 0.15) is 44.9 Å². The van der Waals surface area contributed by atoms with E-state index in [-0.39, 0.29) is 12.3 Å². The van der Waals surface area contributed by atoms with Gasteiger partial charge in [0.15, 0.2) is 5.83 Å². The number of halogens is 1. The molecule has 1 aromatic heterocycles. The Morgan fingerprint density at radius 3 is 2.62 bits per heavy atom. The summed E-state index contributed by atoms with van der Waals surface area (Å²) in [7, 11) is 1.57. The van der Waals surface area contributed by atoms with Crippen molar-refractivity contribution in [1.29, 1.82) is 0 Å². The summed E-state index contributed by atoms with van der Waals surface area (Å²) < 4.78 is 22.6. The quantitative estimate of drug-likeness (QED) is 0.574. The molecule has 5 nitrogen and oxygen atoms in total. The molecule has 1 aromatic rings. The summed E-state index contributed by atoms with van der Waals surface area (Å²) >= 11 is 0. The van der Waals surface area contributed by atoms with Gasteiger partial charge in [0.1, 0.15) is 5.76 Å². The lowest BCUT2D eigenvalue weighted by Crippen LogP contribution is -1.95. The SMILES string of the molecule is CC/C=C(O)\C(F)=C/CN.CCC.COC1=Cc2cccnc2C=CO1. The average Bonchev–Trinajstić information content (AvgIpc) is 2.85. The lowest BCUT2D eigenvalue weighted by molar-refractivity contribution is 0.126. The molecular formula is C20H29FN2O3. The van der Waals surface area contributed by atoms with Crippen molar-refractivity contribution < 1.29 is 19.0 Å². The maximum atomic E-state index is 12.4. The van der Waals surface area contributed by atoms with Gasteiger partial charge in [-0.2, -0.15) is 0 Å². The number of aliphatic hydroxyl groups is 1. The molecule has 0 unspecified atom stereocenters. The molecule has 2 rings (SSSR count). The van der Waals surface area contributed by atoms with Gasteiger partial charge in [0.2, 0.25) is 0 Å². The Morgan fingerprint density at radius 2 is 2.04 bits per heavy atom. The number of nitrogens with two attached hydrogens (primary N) is 1. The predicted octanol–water partition coefficient (Wildman–Crippen LogP) is 5.09. The summed E-state index contributed by atoms with van der Waals surface area (Å²) in [6.45, 7) is 6.17. The van der Waals surface area contributed by atoms with Gasteiger partial charge in [0.25, 0.3) is 5.95 Å². The minimum atomic E-state index is -0.649. The number of hydrogen-bond acceptors (Lipinski definition) is 5. The van der Waals surface area contributed by atoms with Gasteiger partial charge >= 0.3 is 0 Å². The number of fused-ring (bicyclic) bond motifs is 1. The van der Waals surface area contributed by atoms with E-state index in [1.54, 1.807) is 25.6 Å². The van der Waals surface area contributed by atoms with Crippen LogP contribution >= 0.6 is 0 Å². The van der Waals surface area contributed by atoms with Crippen molar-refractivity contribution >= 4 is 12.2 Å². The summed E-state index contributed by atoms with van der Waals surface area (Å²) in [4.78, 5) is 4.18. The molecule has 0 atom stereocenters. The molecule has 6 heteroatoms. The van der Waals surface area contributed by atoms with E-state index >= 15 is 0 Å². The summed E-state index contributed by atoms with van der Waals surface area (Å²) in [6, 6.07) is 3.84. The van der Waals surface area contributed by atoms with Crippen LogP contribution in [-0.4, -0.2) is 23.7 Å². The van der Waals surface area contributed by atoms with E-state index < -0.39 is 5.83 Å². The van der Waals surface area contributed by atoms with Crippen molar-refractivity contribution in [2.45, 2.75) is 33.6 Å². The van der Waals surface area contributed by atoms with Crippen molar-refractivity contribution in [1.82, 2.24) is 4.98 Å². The number of methoxy groups -OCH3 is 1. The topological polar surface area (TPSA) is 77.6 Å². The minimum absolute atomic E-state index is 0.105. The highest BCUT2D eigenvalue weighted by Gasteiger charge is 2.04. The van der Waals surface area contributed by atoms with E-state index in [1.807, 2.05) is 25.1 Å². The predicted molar refractivity (Wildman–Crippen MR) is 105 cm³/mol. The molecule has 0 amide bonds. The third kappa shape index (κ3) is 9.64. The number of aromatic nitrogens is 1.